The van der Waals surface area contributed by atoms with Crippen molar-refractivity contribution in [2.24, 2.45) is 5.92 Å². The van der Waals surface area contributed by atoms with E-state index in [2.05, 4.69) is 68.3 Å². The summed E-state index contributed by atoms with van der Waals surface area (Å²) in [6, 6.07) is 1.46. The zero-order valence-electron chi connectivity index (χ0n) is 21.0. The van der Waals surface area contributed by atoms with E-state index >= 15 is 0 Å². The first-order valence-electron chi connectivity index (χ1n) is 11.7. The minimum Gasteiger partial charge on any atom is -0.356 e. The molecule has 34 heavy (non-hydrogen) atoms. The predicted octanol–water partition coefficient (Wildman–Crippen LogP) is 2.90. The zero-order valence-corrected chi connectivity index (χ0v) is 22.8. The second-order valence-corrected chi connectivity index (χ2v) is 17.6. The van der Waals surface area contributed by atoms with Crippen LogP contribution in [0.2, 0.25) is 16.6 Å². The van der Waals surface area contributed by atoms with E-state index in [0.717, 1.165) is 6.26 Å². The molecule has 3 heterocycles. The molecule has 0 aromatic carbocycles. The maximum atomic E-state index is 13.2. The summed E-state index contributed by atoms with van der Waals surface area (Å²) in [7, 11) is -5.76. The lowest BCUT2D eigenvalue weighted by Crippen LogP contribution is -2.43. The van der Waals surface area contributed by atoms with E-state index in [1.54, 1.807) is 0 Å². The average Bonchev–Trinajstić information content (AvgIpc) is 3.13. The molecule has 1 aliphatic rings. The van der Waals surface area contributed by atoms with Crippen molar-refractivity contribution >= 4 is 34.9 Å². The lowest BCUT2D eigenvalue weighted by atomic mass is 10.1. The molecule has 1 atom stereocenters. The summed E-state index contributed by atoms with van der Waals surface area (Å²) < 4.78 is 25.7. The van der Waals surface area contributed by atoms with Crippen LogP contribution in [0.5, 0.6) is 0 Å². The number of pyridine rings is 1. The van der Waals surface area contributed by atoms with E-state index in [0.29, 0.717) is 40.5 Å². The van der Waals surface area contributed by atoms with Gasteiger partial charge in [0, 0.05) is 37.2 Å². The molecule has 1 amide bonds. The molecule has 2 aromatic heterocycles. The Balaban J connectivity index is 2.28. The Morgan fingerprint density at radius 2 is 1.76 bits per heavy atom. The number of aromatic nitrogens is 3. The van der Waals surface area contributed by atoms with Gasteiger partial charge >= 0.3 is 0 Å². The predicted molar refractivity (Wildman–Crippen MR) is 136 cm³/mol. The molecule has 0 radical (unpaired) electrons. The van der Waals surface area contributed by atoms with Crippen LogP contribution in [0.3, 0.4) is 0 Å². The van der Waals surface area contributed by atoms with Crippen LogP contribution < -0.4 is 10.9 Å². The zero-order chi connectivity index (χ0) is 25.4. The molecule has 3 rings (SSSR count). The van der Waals surface area contributed by atoms with E-state index in [-0.39, 0.29) is 34.7 Å². The lowest BCUT2D eigenvalue weighted by Gasteiger charge is -2.38. The van der Waals surface area contributed by atoms with Crippen molar-refractivity contribution in [1.29, 1.82) is 0 Å². The Morgan fingerprint density at radius 3 is 2.26 bits per heavy atom. The van der Waals surface area contributed by atoms with Crippen LogP contribution >= 0.6 is 0 Å². The van der Waals surface area contributed by atoms with Gasteiger partial charge in [-0.1, -0.05) is 47.5 Å². The number of carbonyl (C=O) groups is 1. The highest BCUT2D eigenvalue weighted by molar-refractivity contribution is 7.90. The largest absolute Gasteiger partial charge is 0.356 e. The van der Waals surface area contributed by atoms with Gasteiger partial charge in [0.2, 0.25) is 20.9 Å². The molecular formula is C24H34N4O4SSi. The Kier molecular flexibility index (Phi) is 7.39. The highest BCUT2D eigenvalue weighted by Gasteiger charge is 2.41. The van der Waals surface area contributed by atoms with E-state index < -0.39 is 17.9 Å². The second-order valence-electron chi connectivity index (χ2n) is 10.1. The molecule has 0 bridgehead atoms. The number of hydrogen-bond acceptors (Lipinski definition) is 6. The summed E-state index contributed by atoms with van der Waals surface area (Å²) in [6.45, 7) is 14.0. The van der Waals surface area contributed by atoms with Gasteiger partial charge < -0.3 is 5.32 Å². The third-order valence-corrected chi connectivity index (χ3v) is 14.2. The summed E-state index contributed by atoms with van der Waals surface area (Å²) in [5.41, 5.74) is 5.19. The van der Waals surface area contributed by atoms with Gasteiger partial charge in [-0.3, -0.25) is 14.2 Å². The van der Waals surface area contributed by atoms with Crippen LogP contribution in [0.25, 0.3) is 11.0 Å². The van der Waals surface area contributed by atoms with Crippen LogP contribution in [0.1, 0.15) is 53.5 Å². The summed E-state index contributed by atoms with van der Waals surface area (Å²) in [6.07, 6.45) is 3.05. The van der Waals surface area contributed by atoms with Crippen molar-refractivity contribution in [2.75, 3.05) is 12.8 Å². The standard InChI is InChI=1S/C24H34N4O4SSi/c1-15(2)34(16(3)4,17(5)6)11-9-18-12-21(29)28(14-19-8-10-25-23(19)30)22-20(18)13-26-24(27-22)33(7,31)32/h12-13,15-17,19H,8,10,14H2,1-7H3,(H,25,30). The Morgan fingerprint density at radius 1 is 1.15 bits per heavy atom. The van der Waals surface area contributed by atoms with E-state index in [1.165, 1.54) is 16.8 Å². The molecule has 10 heteroatoms. The van der Waals surface area contributed by atoms with Gasteiger partial charge in [0.1, 0.15) is 13.7 Å². The van der Waals surface area contributed by atoms with Gasteiger partial charge in [-0.25, -0.2) is 13.4 Å². The minimum atomic E-state index is -3.69. The summed E-state index contributed by atoms with van der Waals surface area (Å²) in [4.78, 5) is 33.7. The molecule has 0 spiro atoms. The molecular weight excluding hydrogens is 468 g/mol. The topological polar surface area (TPSA) is 111 Å². The van der Waals surface area contributed by atoms with Crippen LogP contribution in [0.4, 0.5) is 0 Å². The second kappa shape index (κ2) is 9.62. The number of sulfone groups is 1. The van der Waals surface area contributed by atoms with Gasteiger partial charge in [-0.2, -0.15) is 4.98 Å². The van der Waals surface area contributed by atoms with Crippen molar-refractivity contribution in [3.8, 4) is 11.5 Å². The van der Waals surface area contributed by atoms with Crippen LogP contribution in [-0.4, -0.2) is 49.7 Å². The number of amides is 1. The number of nitrogens with one attached hydrogen (secondary N) is 1. The molecule has 1 unspecified atom stereocenters. The minimum absolute atomic E-state index is 0.122. The fraction of sp³-hybridized carbons (Fsp3) is 0.583. The third-order valence-electron chi connectivity index (χ3n) is 7.00. The smallest absolute Gasteiger partial charge is 0.253 e. The summed E-state index contributed by atoms with van der Waals surface area (Å²) in [5, 5.41) is 2.93. The molecule has 0 saturated carbocycles. The van der Waals surface area contributed by atoms with Gasteiger partial charge in [-0.05, 0) is 23.0 Å². The Hall–Kier alpha value is -2.51. The van der Waals surface area contributed by atoms with Gasteiger partial charge in [0.05, 0.1) is 11.3 Å². The first-order chi connectivity index (χ1) is 15.8. The maximum Gasteiger partial charge on any atom is 0.253 e. The Labute approximate surface area is 202 Å². The van der Waals surface area contributed by atoms with Crippen molar-refractivity contribution in [2.45, 2.75) is 76.3 Å². The third kappa shape index (κ3) is 4.82. The van der Waals surface area contributed by atoms with Crippen LogP contribution in [0, 0.1) is 17.4 Å². The molecule has 1 saturated heterocycles. The summed E-state index contributed by atoms with van der Waals surface area (Å²) >= 11 is 0. The highest BCUT2D eigenvalue weighted by Crippen LogP contribution is 2.40. The number of nitrogens with zero attached hydrogens (tertiary/aromatic N) is 3. The van der Waals surface area contributed by atoms with Crippen molar-refractivity contribution in [3.63, 3.8) is 0 Å². The fourth-order valence-corrected chi connectivity index (χ4v) is 11.0. The van der Waals surface area contributed by atoms with Crippen LogP contribution in [-0.2, 0) is 21.2 Å². The monoisotopic (exact) mass is 502 g/mol. The molecule has 0 aliphatic carbocycles. The molecule has 1 aliphatic heterocycles. The number of fused-ring (bicyclic) bond motifs is 1. The molecule has 1 N–H and O–H groups in total. The normalized spacial score (nSPS) is 16.9. The Bertz CT molecular complexity index is 1310. The lowest BCUT2D eigenvalue weighted by molar-refractivity contribution is -0.122. The van der Waals surface area contributed by atoms with Gasteiger partial charge in [0.25, 0.3) is 5.56 Å². The fourth-order valence-electron chi connectivity index (χ4n) is 5.24. The number of carbonyl (C=O) groups excluding carboxylic acids is 1. The van der Waals surface area contributed by atoms with Crippen molar-refractivity contribution in [1.82, 2.24) is 19.9 Å². The number of rotatable bonds is 6. The molecule has 2 aromatic rings. The van der Waals surface area contributed by atoms with Gasteiger partial charge in [0.15, 0.2) is 0 Å². The molecule has 1 fully saturated rings. The average molecular weight is 503 g/mol. The van der Waals surface area contributed by atoms with Gasteiger partial charge in [-0.15, -0.1) is 5.54 Å². The van der Waals surface area contributed by atoms with E-state index in [9.17, 15) is 18.0 Å². The van der Waals surface area contributed by atoms with E-state index in [1.807, 2.05) is 0 Å². The first-order valence-corrected chi connectivity index (χ1v) is 15.8. The SMILES string of the molecule is CC(C)[Si](C#Cc1cc(=O)n(CC2CCNC2=O)c2nc(S(C)(=O)=O)ncc12)(C(C)C)C(C)C. The molecule has 184 valence electrons. The van der Waals surface area contributed by atoms with Crippen LogP contribution in [0.15, 0.2) is 22.2 Å². The van der Waals surface area contributed by atoms with E-state index in [4.69, 9.17) is 0 Å². The van der Waals surface area contributed by atoms with Crippen molar-refractivity contribution in [3.05, 3.63) is 28.2 Å². The highest BCUT2D eigenvalue weighted by atomic mass is 32.2. The number of hydrogen-bond donors (Lipinski definition) is 1. The molecule has 8 nitrogen and oxygen atoms in total. The first kappa shape index (κ1) is 26.1. The summed E-state index contributed by atoms with van der Waals surface area (Å²) in [5.74, 6) is 2.79. The quantitative estimate of drug-likeness (QED) is 0.369. The van der Waals surface area contributed by atoms with Crippen molar-refractivity contribution < 1.29 is 13.2 Å². The maximum absolute atomic E-state index is 13.2.